The molecule has 0 aliphatic heterocycles. The Kier molecular flexibility index (Phi) is 7.00. The number of hydrogen-bond acceptors (Lipinski definition) is 3. The Morgan fingerprint density at radius 1 is 1.04 bits per heavy atom. The summed E-state index contributed by atoms with van der Waals surface area (Å²) < 4.78 is 11.4. The number of halogens is 2. The molecule has 0 fully saturated rings. The average molecular weight is 382 g/mol. The van der Waals surface area contributed by atoms with Gasteiger partial charge in [0.05, 0.1) is 12.1 Å². The molecule has 2 rings (SSSR count). The minimum atomic E-state index is 0.0729. The van der Waals surface area contributed by atoms with Gasteiger partial charge in [-0.3, -0.25) is 0 Å². The topological polar surface area (TPSA) is 30.5 Å². The van der Waals surface area contributed by atoms with E-state index in [4.69, 9.17) is 32.7 Å². The van der Waals surface area contributed by atoms with Crippen LogP contribution in [-0.2, 0) is 13.2 Å². The van der Waals surface area contributed by atoms with Crippen molar-refractivity contribution in [2.75, 3.05) is 7.11 Å². The number of methoxy groups -OCH3 is 1. The fraction of sp³-hybridized carbons (Fsp3) is 0.400. The Bertz CT molecular complexity index is 700. The lowest BCUT2D eigenvalue weighted by molar-refractivity contribution is 0.284. The zero-order valence-electron chi connectivity index (χ0n) is 15.2. The van der Waals surface area contributed by atoms with Crippen LogP contribution in [0, 0.1) is 0 Å². The molecule has 0 atom stereocenters. The minimum Gasteiger partial charge on any atom is -0.493 e. The Labute approximate surface area is 160 Å². The molecule has 1 N–H and O–H groups in total. The van der Waals surface area contributed by atoms with E-state index in [9.17, 15) is 0 Å². The SMILES string of the molecule is CCC(C)(C)NCc1cc(Cl)c(OCc2ccc(Cl)cc2)c(OC)c1. The highest BCUT2D eigenvalue weighted by molar-refractivity contribution is 6.32. The molecule has 25 heavy (non-hydrogen) atoms. The second-order valence-electron chi connectivity index (χ2n) is 6.62. The number of nitrogens with one attached hydrogen (secondary N) is 1. The van der Waals surface area contributed by atoms with Crippen LogP contribution in [0.4, 0.5) is 0 Å². The first-order valence-corrected chi connectivity index (χ1v) is 9.09. The van der Waals surface area contributed by atoms with Crippen LogP contribution >= 0.6 is 23.2 Å². The quantitative estimate of drug-likeness (QED) is 0.620. The predicted molar refractivity (Wildman–Crippen MR) is 105 cm³/mol. The molecule has 0 aliphatic carbocycles. The summed E-state index contributed by atoms with van der Waals surface area (Å²) in [6.07, 6.45) is 1.04. The van der Waals surface area contributed by atoms with Gasteiger partial charge in [-0.1, -0.05) is 42.3 Å². The summed E-state index contributed by atoms with van der Waals surface area (Å²) in [7, 11) is 1.62. The van der Waals surface area contributed by atoms with E-state index in [-0.39, 0.29) is 5.54 Å². The maximum absolute atomic E-state index is 6.43. The summed E-state index contributed by atoms with van der Waals surface area (Å²) >= 11 is 12.3. The number of rotatable bonds is 8. The second-order valence-corrected chi connectivity index (χ2v) is 7.46. The number of benzene rings is 2. The molecule has 0 unspecified atom stereocenters. The predicted octanol–water partition coefficient (Wildman–Crippen LogP) is 5.86. The van der Waals surface area contributed by atoms with Crippen molar-refractivity contribution in [2.45, 2.75) is 45.9 Å². The Morgan fingerprint density at radius 2 is 1.72 bits per heavy atom. The van der Waals surface area contributed by atoms with E-state index in [0.29, 0.717) is 34.7 Å². The molecule has 0 saturated carbocycles. The lowest BCUT2D eigenvalue weighted by Crippen LogP contribution is -2.37. The van der Waals surface area contributed by atoms with Gasteiger partial charge >= 0.3 is 0 Å². The van der Waals surface area contributed by atoms with Crippen LogP contribution in [0.1, 0.15) is 38.3 Å². The molecule has 3 nitrogen and oxygen atoms in total. The fourth-order valence-corrected chi connectivity index (χ4v) is 2.63. The van der Waals surface area contributed by atoms with Gasteiger partial charge in [0.2, 0.25) is 0 Å². The van der Waals surface area contributed by atoms with Gasteiger partial charge in [0.25, 0.3) is 0 Å². The van der Waals surface area contributed by atoms with Gasteiger partial charge in [-0.05, 0) is 55.7 Å². The van der Waals surface area contributed by atoms with Gasteiger partial charge in [0, 0.05) is 17.1 Å². The summed E-state index contributed by atoms with van der Waals surface area (Å²) in [5.41, 5.74) is 2.14. The molecule has 0 aromatic heterocycles. The highest BCUT2D eigenvalue weighted by Crippen LogP contribution is 2.37. The maximum Gasteiger partial charge on any atom is 0.180 e. The van der Waals surface area contributed by atoms with Gasteiger partial charge < -0.3 is 14.8 Å². The van der Waals surface area contributed by atoms with Crippen LogP contribution in [0.3, 0.4) is 0 Å². The van der Waals surface area contributed by atoms with E-state index >= 15 is 0 Å². The molecule has 0 saturated heterocycles. The molecule has 0 heterocycles. The summed E-state index contributed by atoms with van der Waals surface area (Å²) in [6, 6.07) is 11.4. The summed E-state index contributed by atoms with van der Waals surface area (Å²) in [4.78, 5) is 0. The first-order chi connectivity index (χ1) is 11.8. The number of ether oxygens (including phenoxy) is 2. The van der Waals surface area contributed by atoms with Crippen molar-refractivity contribution in [3.63, 3.8) is 0 Å². The van der Waals surface area contributed by atoms with Crippen LogP contribution in [-0.4, -0.2) is 12.6 Å². The third kappa shape index (κ3) is 5.81. The molecule has 136 valence electrons. The standard InChI is InChI=1S/C20H25Cl2NO2/c1-5-20(2,3)23-12-15-10-17(22)19(18(11-15)24-4)25-13-14-6-8-16(21)9-7-14/h6-11,23H,5,12-13H2,1-4H3. The molecule has 0 spiro atoms. The molecule has 2 aromatic rings. The van der Waals surface area contributed by atoms with Gasteiger partial charge in [0.1, 0.15) is 6.61 Å². The van der Waals surface area contributed by atoms with Crippen molar-refractivity contribution in [1.82, 2.24) is 5.32 Å². The fourth-order valence-electron chi connectivity index (χ4n) is 2.22. The zero-order chi connectivity index (χ0) is 18.4. The largest absolute Gasteiger partial charge is 0.493 e. The van der Waals surface area contributed by atoms with E-state index < -0.39 is 0 Å². The molecule has 0 radical (unpaired) electrons. The molecule has 5 heteroatoms. The van der Waals surface area contributed by atoms with Crippen LogP contribution in [0.2, 0.25) is 10.0 Å². The minimum absolute atomic E-state index is 0.0729. The summed E-state index contributed by atoms with van der Waals surface area (Å²) in [5.74, 6) is 1.19. The van der Waals surface area contributed by atoms with E-state index in [0.717, 1.165) is 17.5 Å². The van der Waals surface area contributed by atoms with Crippen LogP contribution in [0.25, 0.3) is 0 Å². The second kappa shape index (κ2) is 8.79. The highest BCUT2D eigenvalue weighted by atomic mass is 35.5. The van der Waals surface area contributed by atoms with Gasteiger partial charge in [0.15, 0.2) is 11.5 Å². The number of hydrogen-bond donors (Lipinski definition) is 1. The van der Waals surface area contributed by atoms with Gasteiger partial charge in [-0.2, -0.15) is 0 Å². The van der Waals surface area contributed by atoms with Crippen LogP contribution in [0.15, 0.2) is 36.4 Å². The Morgan fingerprint density at radius 3 is 2.32 bits per heavy atom. The van der Waals surface area contributed by atoms with Crippen molar-refractivity contribution >= 4 is 23.2 Å². The smallest absolute Gasteiger partial charge is 0.180 e. The maximum atomic E-state index is 6.43. The van der Waals surface area contributed by atoms with Gasteiger partial charge in [-0.15, -0.1) is 0 Å². The van der Waals surface area contributed by atoms with Crippen molar-refractivity contribution in [3.8, 4) is 11.5 Å². The normalized spacial score (nSPS) is 11.4. The first-order valence-electron chi connectivity index (χ1n) is 8.33. The Balaban J connectivity index is 2.11. The van der Waals surface area contributed by atoms with Crippen molar-refractivity contribution in [3.05, 3.63) is 57.6 Å². The van der Waals surface area contributed by atoms with E-state index in [1.807, 2.05) is 36.4 Å². The highest BCUT2D eigenvalue weighted by Gasteiger charge is 2.16. The molecule has 0 bridgehead atoms. The molecular formula is C20H25Cl2NO2. The Hall–Kier alpha value is -1.42. The lowest BCUT2D eigenvalue weighted by atomic mass is 10.0. The van der Waals surface area contributed by atoms with Crippen molar-refractivity contribution in [1.29, 1.82) is 0 Å². The zero-order valence-corrected chi connectivity index (χ0v) is 16.7. The third-order valence-corrected chi connectivity index (χ3v) is 4.77. The summed E-state index contributed by atoms with van der Waals surface area (Å²) in [5, 5.41) is 4.76. The lowest BCUT2D eigenvalue weighted by Gasteiger charge is -2.25. The van der Waals surface area contributed by atoms with Crippen LogP contribution < -0.4 is 14.8 Å². The molecule has 0 amide bonds. The molecule has 2 aromatic carbocycles. The van der Waals surface area contributed by atoms with Crippen molar-refractivity contribution < 1.29 is 9.47 Å². The third-order valence-electron chi connectivity index (χ3n) is 4.24. The monoisotopic (exact) mass is 381 g/mol. The van der Waals surface area contributed by atoms with E-state index in [1.165, 1.54) is 0 Å². The first kappa shape index (κ1) is 19.9. The molecule has 0 aliphatic rings. The molecular weight excluding hydrogens is 357 g/mol. The van der Waals surface area contributed by atoms with Gasteiger partial charge in [-0.25, -0.2) is 0 Å². The van der Waals surface area contributed by atoms with E-state index in [2.05, 4.69) is 26.1 Å². The van der Waals surface area contributed by atoms with Crippen molar-refractivity contribution in [2.24, 2.45) is 0 Å². The van der Waals surface area contributed by atoms with E-state index in [1.54, 1.807) is 7.11 Å². The van der Waals surface area contributed by atoms with Crippen LogP contribution in [0.5, 0.6) is 11.5 Å². The summed E-state index contributed by atoms with van der Waals surface area (Å²) in [6.45, 7) is 7.63. The average Bonchev–Trinajstić information content (AvgIpc) is 2.60.